The van der Waals surface area contributed by atoms with Crippen molar-refractivity contribution in [1.29, 1.82) is 0 Å². The first kappa shape index (κ1) is 53.3. The van der Waals surface area contributed by atoms with Crippen LogP contribution in [-0.2, 0) is 23.7 Å². The van der Waals surface area contributed by atoms with E-state index in [2.05, 4.69) is 26.9 Å². The molecular formula is C29H60N5NaO12P4. The Hall–Kier alpha value is 0.240. The topological polar surface area (TPSA) is 244 Å². The number of carboxylic acid groups (broad SMARTS) is 3. The molecule has 1 fully saturated rings. The molecule has 294 valence electrons. The number of carbonyl (C=O) groups excluding carboxylic acids is 1. The SMILES string of the molecule is O=CO.[CH2-]CCNC(=O)CCP(O)CN1CCN(COP(O)CCC(=O)O)CCN(CP(O)CCCC(=O)O)CCN(CP(O)CCC)CC1.[Na+]. The van der Waals surface area contributed by atoms with Crippen LogP contribution >= 0.6 is 32.8 Å². The zero-order valence-electron chi connectivity index (χ0n) is 30.3. The first-order valence-electron chi connectivity index (χ1n) is 16.7. The summed E-state index contributed by atoms with van der Waals surface area (Å²) in [5.74, 6) is -2.00. The minimum absolute atomic E-state index is 0. The van der Waals surface area contributed by atoms with Crippen molar-refractivity contribution in [3.63, 3.8) is 0 Å². The quantitative estimate of drug-likeness (QED) is 0.0259. The molecule has 0 aliphatic carbocycles. The first-order valence-corrected chi connectivity index (χ1v) is 23.1. The van der Waals surface area contributed by atoms with Crippen molar-refractivity contribution in [2.75, 3.05) is 109 Å². The first-order chi connectivity index (χ1) is 23.8. The Bertz CT molecular complexity index is 930. The van der Waals surface area contributed by atoms with E-state index in [-0.39, 0.29) is 74.1 Å². The molecule has 0 aromatic heterocycles. The third-order valence-corrected chi connectivity index (χ3v) is 13.0. The van der Waals surface area contributed by atoms with E-state index in [1.165, 1.54) is 0 Å². The molecule has 1 aliphatic heterocycles. The predicted octanol–water partition coefficient (Wildman–Crippen LogP) is -1.29. The monoisotopic (exact) mass is 817 g/mol. The summed E-state index contributed by atoms with van der Waals surface area (Å²) in [6, 6.07) is 0. The van der Waals surface area contributed by atoms with Crippen LogP contribution in [0.5, 0.6) is 0 Å². The Labute approximate surface area is 330 Å². The summed E-state index contributed by atoms with van der Waals surface area (Å²) in [7, 11) is -5.91. The molecule has 22 heteroatoms. The Morgan fingerprint density at radius 3 is 1.59 bits per heavy atom. The molecule has 0 aromatic carbocycles. The van der Waals surface area contributed by atoms with Gasteiger partial charge >= 0.3 is 41.5 Å². The average Bonchev–Trinajstić information content (AvgIpc) is 3.05. The number of nitrogens with zero attached hydrogens (tertiary/aromatic N) is 4. The molecule has 1 amide bonds. The van der Waals surface area contributed by atoms with Gasteiger partial charge < -0.3 is 51.7 Å². The van der Waals surface area contributed by atoms with E-state index in [1.807, 2.05) is 11.8 Å². The van der Waals surface area contributed by atoms with Gasteiger partial charge in [0.05, 0.1) is 6.42 Å². The van der Waals surface area contributed by atoms with Gasteiger partial charge in [-0.3, -0.25) is 38.8 Å². The van der Waals surface area contributed by atoms with Crippen LogP contribution in [0.1, 0.15) is 45.4 Å². The summed E-state index contributed by atoms with van der Waals surface area (Å²) in [5.41, 5.74) is 0. The average molecular weight is 818 g/mol. The Balaban J connectivity index is 0. The molecule has 0 spiro atoms. The van der Waals surface area contributed by atoms with Crippen LogP contribution in [0.15, 0.2) is 0 Å². The third kappa shape index (κ3) is 32.2. The second kappa shape index (κ2) is 34.7. The maximum Gasteiger partial charge on any atom is 1.00 e. The van der Waals surface area contributed by atoms with Crippen molar-refractivity contribution in [3.05, 3.63) is 6.92 Å². The van der Waals surface area contributed by atoms with Crippen LogP contribution in [-0.4, -0.2) is 188 Å². The molecule has 17 nitrogen and oxygen atoms in total. The molecule has 0 radical (unpaired) electrons. The second-order valence-corrected chi connectivity index (χ2v) is 18.3. The summed E-state index contributed by atoms with van der Waals surface area (Å²) >= 11 is 0. The smallest absolute Gasteiger partial charge is 0.483 e. The van der Waals surface area contributed by atoms with Gasteiger partial charge in [-0.25, -0.2) is 0 Å². The van der Waals surface area contributed by atoms with E-state index in [0.29, 0.717) is 103 Å². The van der Waals surface area contributed by atoms with E-state index in [4.69, 9.17) is 24.6 Å². The molecule has 1 saturated heterocycles. The van der Waals surface area contributed by atoms with Crippen LogP contribution in [0.25, 0.3) is 0 Å². The molecule has 1 rings (SSSR count). The number of carboxylic acids is 2. The largest absolute Gasteiger partial charge is 1.00 e. The number of hydrogen-bond donors (Lipinski definition) is 8. The zero-order chi connectivity index (χ0) is 37.7. The fourth-order valence-electron chi connectivity index (χ4n) is 4.66. The summed E-state index contributed by atoms with van der Waals surface area (Å²) in [5, 5.41) is 27.6. The fourth-order valence-corrected chi connectivity index (χ4v) is 9.63. The second-order valence-electron chi connectivity index (χ2n) is 11.6. The van der Waals surface area contributed by atoms with Gasteiger partial charge in [0.1, 0.15) is 6.73 Å². The number of rotatable bonds is 23. The summed E-state index contributed by atoms with van der Waals surface area (Å²) in [4.78, 5) is 93.6. The van der Waals surface area contributed by atoms with Gasteiger partial charge in [0.25, 0.3) is 6.47 Å². The number of carbonyl (C=O) groups is 4. The molecule has 1 heterocycles. The molecule has 0 bridgehead atoms. The maximum atomic E-state index is 12.1. The van der Waals surface area contributed by atoms with Gasteiger partial charge in [-0.05, 0) is 25.3 Å². The molecule has 8 N–H and O–H groups in total. The van der Waals surface area contributed by atoms with E-state index in [0.717, 1.165) is 12.6 Å². The van der Waals surface area contributed by atoms with E-state index in [9.17, 15) is 34.0 Å². The van der Waals surface area contributed by atoms with Crippen LogP contribution in [0, 0.1) is 6.92 Å². The van der Waals surface area contributed by atoms with E-state index >= 15 is 0 Å². The van der Waals surface area contributed by atoms with Gasteiger partial charge in [0, 0.05) is 121 Å². The van der Waals surface area contributed by atoms with Crippen molar-refractivity contribution < 1.29 is 88.2 Å². The predicted molar refractivity (Wildman–Crippen MR) is 199 cm³/mol. The van der Waals surface area contributed by atoms with Crippen LogP contribution in [0.2, 0.25) is 0 Å². The molecule has 0 saturated carbocycles. The third-order valence-electron chi connectivity index (χ3n) is 7.31. The molecule has 1 aliphatic rings. The van der Waals surface area contributed by atoms with Crippen LogP contribution in [0.3, 0.4) is 0 Å². The number of amides is 1. The van der Waals surface area contributed by atoms with Gasteiger partial charge in [0.15, 0.2) is 8.38 Å². The standard InChI is InChI=1S/C28H58N5O10P4.CH2O2.Na/c1-3-9-29-26(34)7-20-46(41)25-32-13-11-30(22-43-47(42)21-8-28(37)38)10-12-31(24-45(40)19-5-6-27(35)36)14-16-33(17-15-32)23-44(39)18-4-2;2-1-3;/h39-42H,1,3-25H2,2H3,(H,29,34)(H,35,36)(H,37,38);1H,(H,2,3);/q-1;;+1. The van der Waals surface area contributed by atoms with Gasteiger partial charge in [-0.15, -0.1) is 0 Å². The molecular weight excluding hydrogens is 757 g/mol. The summed E-state index contributed by atoms with van der Waals surface area (Å²) < 4.78 is 5.66. The Morgan fingerprint density at radius 1 is 0.725 bits per heavy atom. The fraction of sp³-hybridized carbons (Fsp3) is 0.828. The minimum atomic E-state index is -1.91. The zero-order valence-corrected chi connectivity index (χ0v) is 35.9. The van der Waals surface area contributed by atoms with Crippen molar-refractivity contribution in [3.8, 4) is 0 Å². The number of aliphatic carboxylic acids is 2. The molecule has 4 atom stereocenters. The summed E-state index contributed by atoms with van der Waals surface area (Å²) in [6.07, 6.45) is 4.96. The van der Waals surface area contributed by atoms with E-state index < -0.39 is 44.8 Å². The molecule has 51 heavy (non-hydrogen) atoms. The Morgan fingerprint density at radius 2 is 1.16 bits per heavy atom. The van der Waals surface area contributed by atoms with Crippen LogP contribution in [0.4, 0.5) is 0 Å². The Kier molecular flexibility index (Phi) is 36.3. The number of nitrogens with one attached hydrogen (secondary N) is 1. The maximum absolute atomic E-state index is 12.1. The molecule has 4 unspecified atom stereocenters. The summed E-state index contributed by atoms with van der Waals surface area (Å²) in [6.45, 7) is 10.9. The normalized spacial score (nSPS) is 18.0. The van der Waals surface area contributed by atoms with Gasteiger partial charge in [0.2, 0.25) is 5.91 Å². The van der Waals surface area contributed by atoms with Crippen LogP contribution < -0.4 is 34.9 Å². The van der Waals surface area contributed by atoms with Gasteiger partial charge in [-0.1, -0.05) is 13.3 Å². The van der Waals surface area contributed by atoms with Crippen molar-refractivity contribution in [2.45, 2.75) is 45.4 Å². The number of hydrogen-bond acceptors (Lipinski definition) is 13. The van der Waals surface area contributed by atoms with Crippen molar-refractivity contribution in [1.82, 2.24) is 24.9 Å². The minimum Gasteiger partial charge on any atom is -0.483 e. The van der Waals surface area contributed by atoms with E-state index in [1.54, 1.807) is 0 Å². The van der Waals surface area contributed by atoms with Gasteiger partial charge in [-0.2, -0.15) is 6.42 Å². The van der Waals surface area contributed by atoms with Crippen molar-refractivity contribution in [2.24, 2.45) is 0 Å². The molecule has 0 aromatic rings. The van der Waals surface area contributed by atoms with Crippen molar-refractivity contribution >= 4 is 57.1 Å².